The van der Waals surface area contributed by atoms with Crippen LogP contribution in [0.1, 0.15) is 75.2 Å². The predicted octanol–water partition coefficient (Wildman–Crippen LogP) is 7.04. The van der Waals surface area contributed by atoms with E-state index < -0.39 is 16.6 Å². The lowest BCUT2D eigenvalue weighted by Gasteiger charge is -2.49. The van der Waals surface area contributed by atoms with Crippen LogP contribution in [0.3, 0.4) is 0 Å². The van der Waals surface area contributed by atoms with E-state index in [1.807, 2.05) is 0 Å². The summed E-state index contributed by atoms with van der Waals surface area (Å²) in [5, 5.41) is 0.320. The Hall–Kier alpha value is 0.0238. The van der Waals surface area contributed by atoms with Crippen LogP contribution >= 0.6 is 0 Å². The average molecular weight is 429 g/mol. The number of rotatable bonds is 5. The van der Waals surface area contributed by atoms with Crippen molar-refractivity contribution in [2.24, 2.45) is 17.3 Å². The Morgan fingerprint density at radius 1 is 0.821 bits per heavy atom. The fourth-order valence-electron chi connectivity index (χ4n) is 3.49. The molecule has 1 fully saturated rings. The summed E-state index contributed by atoms with van der Waals surface area (Å²) in [6.45, 7) is 30.4. The van der Waals surface area contributed by atoms with Gasteiger partial charge in [0.15, 0.2) is 16.6 Å². The zero-order chi connectivity index (χ0) is 22.3. The molecule has 0 unspecified atom stereocenters. The van der Waals surface area contributed by atoms with E-state index in [2.05, 4.69) is 88.5 Å². The van der Waals surface area contributed by atoms with Crippen LogP contribution < -0.4 is 0 Å². The molecule has 1 rings (SSSR count). The standard InChI is InChI=1S/C23H48O3Si2/c1-21(2,3)19-14-17(24)15-20(26-28(12,13)23(7,8)9)18(19)16-25-27(10,11)22(4,5)6/h18-20H,14-16H2,1-13H3/t18-,19+,20-/m0/s1. The molecule has 3 atom stereocenters. The van der Waals surface area contributed by atoms with E-state index >= 15 is 0 Å². The molecule has 0 bridgehead atoms. The SMILES string of the molecule is CC(C)(C)[C@@H]1CC(=O)C[C@H](O[Si](C)(C)C(C)(C)C)[C@H]1CO[Si](C)(C)C(C)(C)C. The Morgan fingerprint density at radius 2 is 1.29 bits per heavy atom. The van der Waals surface area contributed by atoms with Crippen LogP contribution in [0, 0.1) is 17.3 Å². The van der Waals surface area contributed by atoms with Gasteiger partial charge in [0.1, 0.15) is 5.78 Å². The van der Waals surface area contributed by atoms with E-state index in [1.54, 1.807) is 0 Å². The molecule has 0 saturated heterocycles. The number of carbonyl (C=O) groups excluding carboxylic acids is 1. The fraction of sp³-hybridized carbons (Fsp3) is 0.957. The molecule has 1 saturated carbocycles. The minimum atomic E-state index is -1.96. The largest absolute Gasteiger partial charge is 0.416 e. The molecule has 0 aromatic heterocycles. The molecule has 28 heavy (non-hydrogen) atoms. The minimum absolute atomic E-state index is 0.0175. The van der Waals surface area contributed by atoms with Gasteiger partial charge in [0.05, 0.1) is 6.10 Å². The smallest absolute Gasteiger partial charge is 0.192 e. The van der Waals surface area contributed by atoms with Gasteiger partial charge in [0.2, 0.25) is 0 Å². The van der Waals surface area contributed by atoms with Gasteiger partial charge in [0, 0.05) is 25.4 Å². The Labute approximate surface area is 177 Å². The number of carbonyl (C=O) groups is 1. The zero-order valence-corrected chi connectivity index (χ0v) is 23.1. The molecule has 166 valence electrons. The first-order valence-corrected chi connectivity index (χ1v) is 16.8. The van der Waals surface area contributed by atoms with Crippen LogP contribution in [0.5, 0.6) is 0 Å². The van der Waals surface area contributed by atoms with Gasteiger partial charge in [-0.25, -0.2) is 0 Å². The van der Waals surface area contributed by atoms with E-state index in [1.165, 1.54) is 0 Å². The third kappa shape index (κ3) is 6.26. The van der Waals surface area contributed by atoms with Gasteiger partial charge in [-0.05, 0) is 47.6 Å². The summed E-state index contributed by atoms with van der Waals surface area (Å²) in [5.41, 5.74) is 0.0621. The molecular weight excluding hydrogens is 380 g/mol. The van der Waals surface area contributed by atoms with E-state index in [-0.39, 0.29) is 27.5 Å². The molecular formula is C23H48O3Si2. The van der Waals surface area contributed by atoms with E-state index in [0.29, 0.717) is 31.1 Å². The minimum Gasteiger partial charge on any atom is -0.416 e. The van der Waals surface area contributed by atoms with Crippen molar-refractivity contribution in [1.82, 2.24) is 0 Å². The van der Waals surface area contributed by atoms with Gasteiger partial charge < -0.3 is 8.85 Å². The molecule has 0 aromatic rings. The average Bonchev–Trinajstić information content (AvgIpc) is 2.41. The van der Waals surface area contributed by atoms with Crippen LogP contribution in [0.2, 0.25) is 36.3 Å². The highest BCUT2D eigenvalue weighted by molar-refractivity contribution is 6.74. The molecule has 1 aliphatic rings. The summed E-state index contributed by atoms with van der Waals surface area (Å²) in [6, 6.07) is 0. The van der Waals surface area contributed by atoms with Crippen LogP contribution in [0.25, 0.3) is 0 Å². The predicted molar refractivity (Wildman–Crippen MR) is 126 cm³/mol. The van der Waals surface area contributed by atoms with Crippen molar-refractivity contribution in [2.75, 3.05) is 6.61 Å². The second-order valence-electron chi connectivity index (χ2n) is 13.1. The lowest BCUT2D eigenvalue weighted by atomic mass is 9.65. The van der Waals surface area contributed by atoms with Crippen LogP contribution in [0.4, 0.5) is 0 Å². The highest BCUT2D eigenvalue weighted by atomic mass is 28.4. The van der Waals surface area contributed by atoms with Crippen LogP contribution in [-0.2, 0) is 13.6 Å². The summed E-state index contributed by atoms with van der Waals surface area (Å²) in [7, 11) is -3.81. The highest BCUT2D eigenvalue weighted by Crippen LogP contribution is 2.46. The van der Waals surface area contributed by atoms with Gasteiger partial charge in [-0.1, -0.05) is 62.3 Å². The van der Waals surface area contributed by atoms with Crippen molar-refractivity contribution in [3.63, 3.8) is 0 Å². The Bertz CT molecular complexity index is 548. The lowest BCUT2D eigenvalue weighted by Crippen LogP contribution is -2.53. The highest BCUT2D eigenvalue weighted by Gasteiger charge is 2.48. The summed E-state index contributed by atoms with van der Waals surface area (Å²) < 4.78 is 13.5. The van der Waals surface area contributed by atoms with E-state index in [4.69, 9.17) is 8.85 Å². The number of hydrogen-bond acceptors (Lipinski definition) is 3. The van der Waals surface area contributed by atoms with Crippen molar-refractivity contribution in [3.8, 4) is 0 Å². The third-order valence-electron chi connectivity index (χ3n) is 7.68. The van der Waals surface area contributed by atoms with Gasteiger partial charge in [-0.2, -0.15) is 0 Å². The first-order chi connectivity index (χ1) is 12.2. The lowest BCUT2D eigenvalue weighted by molar-refractivity contribution is -0.131. The molecule has 0 spiro atoms. The summed E-state index contributed by atoms with van der Waals surface area (Å²) in [4.78, 5) is 12.7. The van der Waals surface area contributed by atoms with Gasteiger partial charge >= 0.3 is 0 Å². The molecule has 5 heteroatoms. The third-order valence-corrected chi connectivity index (χ3v) is 16.7. The Morgan fingerprint density at radius 3 is 1.68 bits per heavy atom. The van der Waals surface area contributed by atoms with Crippen LogP contribution in [0.15, 0.2) is 0 Å². The number of ketones is 1. The Kier molecular flexibility index (Phi) is 7.70. The monoisotopic (exact) mass is 428 g/mol. The maximum Gasteiger partial charge on any atom is 0.192 e. The maximum absolute atomic E-state index is 12.7. The fourth-order valence-corrected chi connectivity index (χ4v) is 5.90. The topological polar surface area (TPSA) is 35.5 Å². The quantitative estimate of drug-likeness (QED) is 0.440. The maximum atomic E-state index is 12.7. The van der Waals surface area contributed by atoms with Crippen molar-refractivity contribution in [2.45, 2.75) is 118 Å². The van der Waals surface area contributed by atoms with E-state index in [0.717, 1.165) is 0 Å². The normalized spacial score (nSPS) is 25.9. The first-order valence-electron chi connectivity index (χ1n) is 11.0. The molecule has 0 aromatic carbocycles. The summed E-state index contributed by atoms with van der Waals surface area (Å²) >= 11 is 0. The number of hydrogen-bond donors (Lipinski definition) is 0. The molecule has 1 aliphatic carbocycles. The van der Waals surface area contributed by atoms with Gasteiger partial charge in [0.25, 0.3) is 0 Å². The molecule has 0 radical (unpaired) electrons. The van der Waals surface area contributed by atoms with Gasteiger partial charge in [-0.3, -0.25) is 4.79 Å². The summed E-state index contributed by atoms with van der Waals surface area (Å²) in [5.74, 6) is 0.932. The van der Waals surface area contributed by atoms with Crippen molar-refractivity contribution in [1.29, 1.82) is 0 Å². The molecule has 0 heterocycles. The zero-order valence-electron chi connectivity index (χ0n) is 21.1. The molecule has 0 amide bonds. The van der Waals surface area contributed by atoms with Crippen molar-refractivity contribution in [3.05, 3.63) is 0 Å². The van der Waals surface area contributed by atoms with Crippen LogP contribution in [-0.4, -0.2) is 35.1 Å². The molecule has 3 nitrogen and oxygen atoms in total. The molecule has 0 N–H and O–H groups in total. The Balaban J connectivity index is 3.20. The molecule has 0 aliphatic heterocycles. The van der Waals surface area contributed by atoms with E-state index in [9.17, 15) is 4.79 Å². The van der Waals surface area contributed by atoms with Crippen molar-refractivity contribution >= 4 is 22.4 Å². The second-order valence-corrected chi connectivity index (χ2v) is 22.6. The second kappa shape index (κ2) is 8.28. The first kappa shape index (κ1) is 26.1. The van der Waals surface area contributed by atoms with Gasteiger partial charge in [-0.15, -0.1) is 0 Å². The van der Waals surface area contributed by atoms with Crippen molar-refractivity contribution < 1.29 is 13.6 Å². The number of Topliss-reactive ketones (excluding diaryl/α,β-unsaturated/α-hetero) is 1. The summed E-state index contributed by atoms with van der Waals surface area (Å²) in [6.07, 6.45) is 1.19.